The standard InChI is InChI=1S/C15H24N2O2S/c1-11(2)12-7-3-5-9-14(12)17-20(18,19)15-10-6-4-8-13(15)16/h4,6,8,10-12,14,17H,3,5,7,9,16H2,1-2H3. The largest absolute Gasteiger partial charge is 0.398 e. The first kappa shape index (κ1) is 15.3. The minimum atomic E-state index is -3.53. The van der Waals surface area contributed by atoms with Gasteiger partial charge in [-0.1, -0.05) is 38.8 Å². The molecule has 0 heterocycles. The van der Waals surface area contributed by atoms with E-state index in [1.165, 1.54) is 6.42 Å². The van der Waals surface area contributed by atoms with Crippen molar-refractivity contribution < 1.29 is 8.42 Å². The normalized spacial score (nSPS) is 23.9. The fourth-order valence-electron chi connectivity index (χ4n) is 3.09. The van der Waals surface area contributed by atoms with Gasteiger partial charge in [-0.3, -0.25) is 0 Å². The summed E-state index contributed by atoms with van der Waals surface area (Å²) in [6.45, 7) is 4.32. The van der Waals surface area contributed by atoms with E-state index >= 15 is 0 Å². The number of benzene rings is 1. The minimum Gasteiger partial charge on any atom is -0.398 e. The summed E-state index contributed by atoms with van der Waals surface area (Å²) >= 11 is 0. The van der Waals surface area contributed by atoms with Crippen LogP contribution in [0.25, 0.3) is 0 Å². The van der Waals surface area contributed by atoms with E-state index in [9.17, 15) is 8.42 Å². The second-order valence-electron chi connectivity index (χ2n) is 5.96. The molecule has 20 heavy (non-hydrogen) atoms. The summed E-state index contributed by atoms with van der Waals surface area (Å²) < 4.78 is 27.9. The lowest BCUT2D eigenvalue weighted by atomic mass is 9.78. The van der Waals surface area contributed by atoms with Crippen LogP contribution in [0.15, 0.2) is 29.2 Å². The van der Waals surface area contributed by atoms with Crippen LogP contribution in [-0.2, 0) is 10.0 Å². The summed E-state index contributed by atoms with van der Waals surface area (Å²) in [6, 6.07) is 6.64. The number of nitrogens with two attached hydrogens (primary N) is 1. The Bertz CT molecular complexity index is 555. The van der Waals surface area contributed by atoms with Crippen molar-refractivity contribution in [3.8, 4) is 0 Å². The first-order valence-corrected chi connectivity index (χ1v) is 8.77. The predicted octanol–water partition coefficient (Wildman–Crippen LogP) is 2.76. The van der Waals surface area contributed by atoms with Crippen LogP contribution in [0, 0.1) is 11.8 Å². The third kappa shape index (κ3) is 3.33. The van der Waals surface area contributed by atoms with Crippen LogP contribution in [-0.4, -0.2) is 14.5 Å². The van der Waals surface area contributed by atoms with Crippen LogP contribution >= 0.6 is 0 Å². The van der Waals surface area contributed by atoms with Crippen molar-refractivity contribution >= 4 is 15.7 Å². The summed E-state index contributed by atoms with van der Waals surface area (Å²) in [7, 11) is -3.53. The maximum Gasteiger partial charge on any atom is 0.242 e. The summed E-state index contributed by atoms with van der Waals surface area (Å²) in [4.78, 5) is 0.188. The molecule has 1 fully saturated rings. The highest BCUT2D eigenvalue weighted by Crippen LogP contribution is 2.31. The highest BCUT2D eigenvalue weighted by molar-refractivity contribution is 7.89. The zero-order valence-corrected chi connectivity index (χ0v) is 13.0. The molecule has 0 saturated heterocycles. The molecule has 3 N–H and O–H groups in total. The van der Waals surface area contributed by atoms with E-state index in [1.54, 1.807) is 24.3 Å². The van der Waals surface area contributed by atoms with Gasteiger partial charge in [0, 0.05) is 6.04 Å². The van der Waals surface area contributed by atoms with Gasteiger partial charge in [0.05, 0.1) is 5.69 Å². The van der Waals surface area contributed by atoms with Crippen molar-refractivity contribution in [1.82, 2.24) is 4.72 Å². The Kier molecular flexibility index (Phi) is 4.70. The molecule has 0 radical (unpaired) electrons. The minimum absolute atomic E-state index is 0.0216. The molecule has 2 rings (SSSR count). The highest BCUT2D eigenvalue weighted by Gasteiger charge is 2.31. The lowest BCUT2D eigenvalue weighted by molar-refractivity contribution is 0.226. The number of nitrogen functional groups attached to an aromatic ring is 1. The molecule has 0 spiro atoms. The van der Waals surface area contributed by atoms with Crippen LogP contribution in [0.1, 0.15) is 39.5 Å². The van der Waals surface area contributed by atoms with Crippen LogP contribution in [0.5, 0.6) is 0 Å². The van der Waals surface area contributed by atoms with Gasteiger partial charge in [0.1, 0.15) is 4.90 Å². The second-order valence-corrected chi connectivity index (χ2v) is 7.64. The molecule has 1 aliphatic rings. The molecule has 1 aliphatic carbocycles. The lowest BCUT2D eigenvalue weighted by Crippen LogP contribution is -2.43. The maximum absolute atomic E-state index is 12.5. The first-order chi connectivity index (χ1) is 9.42. The molecule has 5 heteroatoms. The third-order valence-corrected chi connectivity index (χ3v) is 5.75. The zero-order chi connectivity index (χ0) is 14.8. The fourth-order valence-corrected chi connectivity index (χ4v) is 4.55. The molecule has 1 saturated carbocycles. The predicted molar refractivity (Wildman–Crippen MR) is 81.8 cm³/mol. The van der Waals surface area contributed by atoms with Gasteiger partial charge in [-0.15, -0.1) is 0 Å². The van der Waals surface area contributed by atoms with Crippen molar-refractivity contribution in [2.75, 3.05) is 5.73 Å². The van der Waals surface area contributed by atoms with Crippen LogP contribution in [0.3, 0.4) is 0 Å². The monoisotopic (exact) mass is 296 g/mol. The Balaban J connectivity index is 2.21. The van der Waals surface area contributed by atoms with E-state index in [2.05, 4.69) is 18.6 Å². The first-order valence-electron chi connectivity index (χ1n) is 7.28. The van der Waals surface area contributed by atoms with Gasteiger partial charge in [0.15, 0.2) is 0 Å². The zero-order valence-electron chi connectivity index (χ0n) is 12.2. The molecule has 112 valence electrons. The average Bonchev–Trinajstić information content (AvgIpc) is 2.39. The van der Waals surface area contributed by atoms with E-state index in [0.29, 0.717) is 17.5 Å². The number of rotatable bonds is 4. The second kappa shape index (κ2) is 6.14. The van der Waals surface area contributed by atoms with Gasteiger partial charge in [-0.25, -0.2) is 13.1 Å². The molecular formula is C15H24N2O2S. The number of nitrogens with one attached hydrogen (secondary N) is 1. The van der Waals surface area contributed by atoms with E-state index in [0.717, 1.165) is 19.3 Å². The summed E-state index contributed by atoms with van der Waals surface area (Å²) in [6.07, 6.45) is 4.28. The molecular weight excluding hydrogens is 272 g/mol. The van der Waals surface area contributed by atoms with Gasteiger partial charge >= 0.3 is 0 Å². The molecule has 0 aliphatic heterocycles. The van der Waals surface area contributed by atoms with Gasteiger partial charge in [0.2, 0.25) is 10.0 Å². The number of para-hydroxylation sites is 1. The maximum atomic E-state index is 12.5. The Labute approximate surface area is 121 Å². The smallest absolute Gasteiger partial charge is 0.242 e. The van der Waals surface area contributed by atoms with E-state index in [-0.39, 0.29) is 10.9 Å². The molecule has 2 atom stereocenters. The molecule has 2 unspecified atom stereocenters. The van der Waals surface area contributed by atoms with Crippen molar-refractivity contribution in [1.29, 1.82) is 0 Å². The van der Waals surface area contributed by atoms with E-state index in [1.807, 2.05) is 0 Å². The van der Waals surface area contributed by atoms with Crippen molar-refractivity contribution in [3.63, 3.8) is 0 Å². The number of hydrogen-bond donors (Lipinski definition) is 2. The Hall–Kier alpha value is -1.07. The Morgan fingerprint density at radius 3 is 2.50 bits per heavy atom. The van der Waals surface area contributed by atoms with Gasteiger partial charge < -0.3 is 5.73 Å². The number of hydrogen-bond acceptors (Lipinski definition) is 3. The van der Waals surface area contributed by atoms with E-state index < -0.39 is 10.0 Å². The quantitative estimate of drug-likeness (QED) is 0.839. The molecule has 1 aromatic rings. The van der Waals surface area contributed by atoms with Crippen molar-refractivity contribution in [3.05, 3.63) is 24.3 Å². The van der Waals surface area contributed by atoms with Crippen LogP contribution in [0.4, 0.5) is 5.69 Å². The molecule has 0 bridgehead atoms. The van der Waals surface area contributed by atoms with Gasteiger partial charge in [0.25, 0.3) is 0 Å². The summed E-state index contributed by atoms with van der Waals surface area (Å²) in [5.41, 5.74) is 6.09. The SMILES string of the molecule is CC(C)C1CCCCC1NS(=O)(=O)c1ccccc1N. The summed E-state index contributed by atoms with van der Waals surface area (Å²) in [5, 5.41) is 0. The number of sulfonamides is 1. The third-order valence-electron chi connectivity index (χ3n) is 4.19. The topological polar surface area (TPSA) is 72.2 Å². The summed E-state index contributed by atoms with van der Waals surface area (Å²) in [5.74, 6) is 0.889. The van der Waals surface area contributed by atoms with Crippen LogP contribution in [0.2, 0.25) is 0 Å². The van der Waals surface area contributed by atoms with Gasteiger partial charge in [-0.2, -0.15) is 0 Å². The molecule has 0 amide bonds. The average molecular weight is 296 g/mol. The fraction of sp³-hybridized carbons (Fsp3) is 0.600. The Morgan fingerprint density at radius 1 is 1.20 bits per heavy atom. The van der Waals surface area contributed by atoms with Crippen LogP contribution < -0.4 is 10.5 Å². The molecule has 4 nitrogen and oxygen atoms in total. The lowest BCUT2D eigenvalue weighted by Gasteiger charge is -2.34. The number of anilines is 1. The van der Waals surface area contributed by atoms with E-state index in [4.69, 9.17) is 5.73 Å². The molecule has 0 aromatic heterocycles. The van der Waals surface area contributed by atoms with Gasteiger partial charge in [-0.05, 0) is 36.8 Å². The van der Waals surface area contributed by atoms with Crippen molar-refractivity contribution in [2.24, 2.45) is 11.8 Å². The highest BCUT2D eigenvalue weighted by atomic mass is 32.2. The van der Waals surface area contributed by atoms with Crippen molar-refractivity contribution in [2.45, 2.75) is 50.5 Å². The Morgan fingerprint density at radius 2 is 1.85 bits per heavy atom. The molecule has 1 aromatic carbocycles.